The van der Waals surface area contributed by atoms with E-state index < -0.39 is 11.5 Å². The van der Waals surface area contributed by atoms with Crippen LogP contribution < -0.4 is 5.32 Å². The van der Waals surface area contributed by atoms with Crippen molar-refractivity contribution in [2.24, 2.45) is 10.8 Å². The molecule has 0 unspecified atom stereocenters. The number of rotatable bonds is 16. The van der Waals surface area contributed by atoms with E-state index in [1.54, 1.807) is 10.9 Å². The van der Waals surface area contributed by atoms with Crippen LogP contribution >= 0.6 is 0 Å². The second kappa shape index (κ2) is 14.8. The lowest BCUT2D eigenvalue weighted by Gasteiger charge is -2.23. The predicted molar refractivity (Wildman–Crippen MR) is 124 cm³/mol. The van der Waals surface area contributed by atoms with Crippen LogP contribution in [0.2, 0.25) is 0 Å². The number of ether oxygens (including phenoxy) is 4. The van der Waals surface area contributed by atoms with Gasteiger partial charge < -0.3 is 24.3 Å². The third-order valence-corrected chi connectivity index (χ3v) is 5.44. The summed E-state index contributed by atoms with van der Waals surface area (Å²) in [5.41, 5.74) is 0.403. The highest BCUT2D eigenvalue weighted by Crippen LogP contribution is 2.26. The van der Waals surface area contributed by atoms with Crippen LogP contribution in [-0.2, 0) is 36.8 Å². The van der Waals surface area contributed by atoms with Gasteiger partial charge in [0, 0.05) is 6.61 Å². The van der Waals surface area contributed by atoms with Gasteiger partial charge in [0.05, 0.1) is 44.5 Å². The summed E-state index contributed by atoms with van der Waals surface area (Å²) < 4.78 is 23.0. The van der Waals surface area contributed by atoms with Crippen LogP contribution in [0.5, 0.6) is 0 Å². The maximum absolute atomic E-state index is 12.1. The van der Waals surface area contributed by atoms with Gasteiger partial charge >= 0.3 is 12.1 Å². The Morgan fingerprint density at radius 1 is 0.939 bits per heavy atom. The first-order valence-electron chi connectivity index (χ1n) is 11.7. The third kappa shape index (κ3) is 12.6. The van der Waals surface area contributed by atoms with Gasteiger partial charge in [-0.1, -0.05) is 39.8 Å². The predicted octanol–water partition coefficient (Wildman–Crippen LogP) is 3.34. The Balaban J connectivity index is 2.11. The van der Waals surface area contributed by atoms with Gasteiger partial charge in [-0.3, -0.25) is 4.79 Å². The summed E-state index contributed by atoms with van der Waals surface area (Å²) in [6.07, 6.45) is 3.65. The summed E-state index contributed by atoms with van der Waals surface area (Å²) >= 11 is 0. The normalized spacial score (nSPS) is 11.9. The number of hydrogen-bond donors (Lipinski definition) is 1. The molecule has 1 N–H and O–H groups in total. The molecule has 10 nitrogen and oxygen atoms in total. The molecule has 0 radical (unpaired) electrons. The molecule has 33 heavy (non-hydrogen) atoms. The number of aromatic nitrogens is 3. The molecular formula is C23H42N4O6. The largest absolute Gasteiger partial charge is 0.463 e. The summed E-state index contributed by atoms with van der Waals surface area (Å²) in [5, 5.41) is 10.6. The van der Waals surface area contributed by atoms with Gasteiger partial charge in [-0.15, -0.1) is 5.10 Å². The number of alkyl carbamates (subject to hydrolysis) is 1. The summed E-state index contributed by atoms with van der Waals surface area (Å²) in [5.74, 6) is -0.184. The van der Waals surface area contributed by atoms with Crippen LogP contribution in [0.15, 0.2) is 6.20 Å². The van der Waals surface area contributed by atoms with E-state index >= 15 is 0 Å². The Morgan fingerprint density at radius 3 is 2.21 bits per heavy atom. The highest BCUT2D eigenvalue weighted by atomic mass is 16.6. The molecule has 0 fully saturated rings. The molecule has 0 spiro atoms. The number of amides is 1. The fourth-order valence-corrected chi connectivity index (χ4v) is 2.58. The lowest BCUT2D eigenvalue weighted by molar-refractivity contribution is -0.157. The van der Waals surface area contributed by atoms with E-state index in [1.807, 2.05) is 20.8 Å². The molecule has 1 amide bonds. The Hall–Kier alpha value is -2.20. The smallest absolute Gasteiger partial charge is 0.407 e. The number of carbonyl (C=O) groups is 2. The van der Waals surface area contributed by atoms with Crippen molar-refractivity contribution in [3.8, 4) is 0 Å². The van der Waals surface area contributed by atoms with Crippen LogP contribution in [0.1, 0.15) is 66.5 Å². The highest BCUT2D eigenvalue weighted by molar-refractivity contribution is 5.76. The average Bonchev–Trinajstić information content (AvgIpc) is 3.23. The molecule has 1 aromatic heterocycles. The van der Waals surface area contributed by atoms with E-state index in [0.29, 0.717) is 38.7 Å². The van der Waals surface area contributed by atoms with Crippen molar-refractivity contribution in [3.63, 3.8) is 0 Å². The van der Waals surface area contributed by atoms with Crippen molar-refractivity contribution >= 4 is 12.1 Å². The third-order valence-electron chi connectivity index (χ3n) is 5.44. The second-order valence-electron chi connectivity index (χ2n) is 9.40. The molecule has 0 saturated carbocycles. The van der Waals surface area contributed by atoms with E-state index in [4.69, 9.17) is 18.9 Å². The molecular weight excluding hydrogens is 428 g/mol. The Labute approximate surface area is 197 Å². The van der Waals surface area contributed by atoms with Gasteiger partial charge in [0.15, 0.2) is 0 Å². The Kier molecular flexibility index (Phi) is 13.0. The van der Waals surface area contributed by atoms with Crippen LogP contribution in [0.4, 0.5) is 4.79 Å². The minimum absolute atomic E-state index is 0.184. The van der Waals surface area contributed by atoms with Crippen molar-refractivity contribution in [2.45, 2.75) is 73.9 Å². The second-order valence-corrected chi connectivity index (χ2v) is 9.40. The SMILES string of the molecule is CCC(C)(CC)C(=O)OCCOCCn1cc(CNC(=O)OCCOCCC(C)(C)C)nn1. The Bertz CT molecular complexity index is 697. The molecule has 0 aliphatic heterocycles. The number of esters is 1. The molecule has 0 saturated heterocycles. The zero-order valence-corrected chi connectivity index (χ0v) is 21.1. The molecule has 0 atom stereocenters. The first kappa shape index (κ1) is 28.8. The van der Waals surface area contributed by atoms with Gasteiger partial charge in [-0.05, 0) is 31.6 Å². The molecule has 0 aromatic carbocycles. The minimum atomic E-state index is -0.524. The molecule has 1 rings (SSSR count). The van der Waals surface area contributed by atoms with Gasteiger partial charge in [-0.2, -0.15) is 0 Å². The maximum atomic E-state index is 12.1. The lowest BCUT2D eigenvalue weighted by Crippen LogP contribution is -2.29. The lowest BCUT2D eigenvalue weighted by atomic mass is 9.85. The Morgan fingerprint density at radius 2 is 1.58 bits per heavy atom. The van der Waals surface area contributed by atoms with Crippen LogP contribution in [-0.4, -0.2) is 66.7 Å². The van der Waals surface area contributed by atoms with Crippen LogP contribution in [0.3, 0.4) is 0 Å². The van der Waals surface area contributed by atoms with E-state index in [0.717, 1.165) is 19.3 Å². The summed E-state index contributed by atoms with van der Waals surface area (Å²) in [6.45, 7) is 15.2. The highest BCUT2D eigenvalue weighted by Gasteiger charge is 2.30. The fraction of sp³-hybridized carbons (Fsp3) is 0.826. The van der Waals surface area contributed by atoms with Crippen molar-refractivity contribution in [2.75, 3.05) is 39.6 Å². The number of hydrogen-bond acceptors (Lipinski definition) is 8. The van der Waals surface area contributed by atoms with E-state index in [2.05, 4.69) is 36.4 Å². The van der Waals surface area contributed by atoms with Crippen LogP contribution in [0.25, 0.3) is 0 Å². The van der Waals surface area contributed by atoms with Gasteiger partial charge in [0.1, 0.15) is 18.9 Å². The molecule has 1 aromatic rings. The molecule has 10 heteroatoms. The summed E-state index contributed by atoms with van der Waals surface area (Å²) in [7, 11) is 0. The van der Waals surface area contributed by atoms with E-state index in [-0.39, 0.29) is 31.1 Å². The quantitative estimate of drug-likeness (QED) is 0.289. The standard InChI is InChI=1S/C23H42N4O6/c1-7-23(6,8-2)20(28)32-15-13-31-12-10-27-18-19(25-26-27)17-24-21(29)33-16-14-30-11-9-22(3,4)5/h18H,7-17H2,1-6H3,(H,24,29). The summed E-state index contributed by atoms with van der Waals surface area (Å²) in [4.78, 5) is 23.8. The van der Waals surface area contributed by atoms with Crippen molar-refractivity contribution in [1.29, 1.82) is 0 Å². The van der Waals surface area contributed by atoms with E-state index in [9.17, 15) is 9.59 Å². The molecule has 190 valence electrons. The monoisotopic (exact) mass is 470 g/mol. The van der Waals surface area contributed by atoms with Crippen molar-refractivity contribution in [1.82, 2.24) is 20.3 Å². The molecule has 0 aliphatic carbocycles. The first-order valence-corrected chi connectivity index (χ1v) is 11.7. The van der Waals surface area contributed by atoms with Crippen molar-refractivity contribution in [3.05, 3.63) is 11.9 Å². The van der Waals surface area contributed by atoms with Gasteiger partial charge in [0.2, 0.25) is 0 Å². The topological polar surface area (TPSA) is 114 Å². The minimum Gasteiger partial charge on any atom is -0.463 e. The summed E-state index contributed by atoms with van der Waals surface area (Å²) in [6, 6.07) is 0. The first-order chi connectivity index (χ1) is 15.6. The molecule has 0 aliphatic rings. The average molecular weight is 471 g/mol. The van der Waals surface area contributed by atoms with E-state index in [1.165, 1.54) is 0 Å². The number of nitrogens with one attached hydrogen (secondary N) is 1. The number of nitrogens with zero attached hydrogens (tertiary/aromatic N) is 3. The van der Waals surface area contributed by atoms with Gasteiger partial charge in [0.25, 0.3) is 0 Å². The maximum Gasteiger partial charge on any atom is 0.407 e. The zero-order valence-electron chi connectivity index (χ0n) is 21.1. The van der Waals surface area contributed by atoms with Gasteiger partial charge in [-0.25, -0.2) is 9.48 Å². The zero-order chi connectivity index (χ0) is 24.7. The number of carbonyl (C=O) groups excluding carboxylic acids is 2. The molecule has 1 heterocycles. The fourth-order valence-electron chi connectivity index (χ4n) is 2.58. The molecule has 0 bridgehead atoms. The van der Waals surface area contributed by atoms with Crippen molar-refractivity contribution < 1.29 is 28.5 Å². The van der Waals surface area contributed by atoms with Crippen LogP contribution in [0, 0.1) is 10.8 Å².